The minimum atomic E-state index is -0.0472. The van der Waals surface area contributed by atoms with Crippen LogP contribution in [0.3, 0.4) is 0 Å². The van der Waals surface area contributed by atoms with E-state index in [-0.39, 0.29) is 17.9 Å². The van der Waals surface area contributed by atoms with E-state index >= 15 is 0 Å². The third-order valence-electron chi connectivity index (χ3n) is 3.99. The molecular formula is C17H25ClN2O3. The molecule has 5 nitrogen and oxygen atoms in total. The van der Waals surface area contributed by atoms with Crippen molar-refractivity contribution >= 4 is 23.2 Å². The molecule has 0 aliphatic heterocycles. The second-order valence-corrected chi connectivity index (χ2v) is 6.18. The van der Waals surface area contributed by atoms with E-state index in [1.807, 2.05) is 6.92 Å². The lowest BCUT2D eigenvalue weighted by molar-refractivity contribution is -0.120. The first-order chi connectivity index (χ1) is 11.1. The number of halogens is 1. The number of anilines is 1. The molecule has 1 fully saturated rings. The molecule has 128 valence electrons. The van der Waals surface area contributed by atoms with Crippen LogP contribution in [0, 0.1) is 5.92 Å². The van der Waals surface area contributed by atoms with Crippen LogP contribution in [0.2, 0.25) is 5.02 Å². The van der Waals surface area contributed by atoms with Gasteiger partial charge in [0.15, 0.2) is 5.75 Å². The minimum Gasteiger partial charge on any atom is -0.487 e. The number of amides is 1. The van der Waals surface area contributed by atoms with Crippen molar-refractivity contribution in [3.8, 4) is 5.75 Å². The number of benzene rings is 1. The standard InChI is InChI=1S/C17H25ClN2O3/c1-2-22-9-10-23-16-14(18)7-4-8-15(16)20-17(21)12-5-3-6-13(19)11-12/h4,7-8,12-13H,2-3,5-6,9-11,19H2,1H3,(H,20,21). The van der Waals surface area contributed by atoms with Crippen molar-refractivity contribution in [2.24, 2.45) is 11.7 Å². The van der Waals surface area contributed by atoms with Crippen LogP contribution in [0.5, 0.6) is 5.75 Å². The van der Waals surface area contributed by atoms with Gasteiger partial charge in [-0.3, -0.25) is 4.79 Å². The van der Waals surface area contributed by atoms with Crippen molar-refractivity contribution in [3.63, 3.8) is 0 Å². The lowest BCUT2D eigenvalue weighted by Crippen LogP contribution is -2.34. The highest BCUT2D eigenvalue weighted by Gasteiger charge is 2.26. The Labute approximate surface area is 142 Å². The van der Waals surface area contributed by atoms with Crippen molar-refractivity contribution in [1.29, 1.82) is 0 Å². The fourth-order valence-electron chi connectivity index (χ4n) is 2.80. The van der Waals surface area contributed by atoms with Gasteiger partial charge in [0.05, 0.1) is 17.3 Å². The van der Waals surface area contributed by atoms with Gasteiger partial charge in [-0.05, 0) is 38.3 Å². The summed E-state index contributed by atoms with van der Waals surface area (Å²) in [7, 11) is 0. The fourth-order valence-corrected chi connectivity index (χ4v) is 3.03. The fraction of sp³-hybridized carbons (Fsp3) is 0.588. The molecule has 1 aromatic rings. The molecule has 1 saturated carbocycles. The van der Waals surface area contributed by atoms with Gasteiger partial charge in [0.1, 0.15) is 6.61 Å². The Balaban J connectivity index is 2.00. The average molecular weight is 341 g/mol. The maximum Gasteiger partial charge on any atom is 0.227 e. The van der Waals surface area contributed by atoms with Gasteiger partial charge >= 0.3 is 0 Å². The van der Waals surface area contributed by atoms with Crippen LogP contribution in [0.1, 0.15) is 32.6 Å². The van der Waals surface area contributed by atoms with Gasteiger partial charge in [-0.2, -0.15) is 0 Å². The first-order valence-electron chi connectivity index (χ1n) is 8.17. The molecule has 6 heteroatoms. The minimum absolute atomic E-state index is 0.0166. The molecule has 3 N–H and O–H groups in total. The zero-order valence-corrected chi connectivity index (χ0v) is 14.3. The first-order valence-corrected chi connectivity index (χ1v) is 8.55. The molecule has 0 bridgehead atoms. The van der Waals surface area contributed by atoms with Crippen LogP contribution >= 0.6 is 11.6 Å². The van der Waals surface area contributed by atoms with E-state index < -0.39 is 0 Å². The van der Waals surface area contributed by atoms with Crippen LogP contribution < -0.4 is 15.8 Å². The summed E-state index contributed by atoms with van der Waals surface area (Å²) >= 11 is 6.20. The molecule has 1 aliphatic carbocycles. The summed E-state index contributed by atoms with van der Waals surface area (Å²) in [5.41, 5.74) is 6.56. The normalized spacial score (nSPS) is 21.0. The van der Waals surface area contributed by atoms with Crippen LogP contribution in [-0.2, 0) is 9.53 Å². The lowest BCUT2D eigenvalue weighted by atomic mass is 9.85. The van der Waals surface area contributed by atoms with Crippen molar-refractivity contribution in [2.45, 2.75) is 38.6 Å². The molecule has 0 heterocycles. The topological polar surface area (TPSA) is 73.6 Å². The van der Waals surface area contributed by atoms with Gasteiger partial charge < -0.3 is 20.5 Å². The van der Waals surface area contributed by atoms with E-state index in [1.54, 1.807) is 18.2 Å². The summed E-state index contributed by atoms with van der Waals surface area (Å²) in [6.45, 7) is 3.43. The second kappa shape index (κ2) is 9.11. The highest BCUT2D eigenvalue weighted by molar-refractivity contribution is 6.32. The van der Waals surface area contributed by atoms with Crippen molar-refractivity contribution in [1.82, 2.24) is 0 Å². The van der Waals surface area contributed by atoms with Gasteiger partial charge in [0.25, 0.3) is 0 Å². The highest BCUT2D eigenvalue weighted by Crippen LogP contribution is 2.34. The van der Waals surface area contributed by atoms with Gasteiger partial charge in [0.2, 0.25) is 5.91 Å². The molecule has 0 spiro atoms. The van der Waals surface area contributed by atoms with Crippen LogP contribution in [-0.4, -0.2) is 31.8 Å². The number of rotatable bonds is 7. The van der Waals surface area contributed by atoms with E-state index in [1.165, 1.54) is 0 Å². The molecule has 23 heavy (non-hydrogen) atoms. The summed E-state index contributed by atoms with van der Waals surface area (Å²) in [6.07, 6.45) is 3.59. The Kier molecular flexibility index (Phi) is 7.15. The largest absolute Gasteiger partial charge is 0.487 e. The van der Waals surface area contributed by atoms with E-state index in [2.05, 4.69) is 5.32 Å². The van der Waals surface area contributed by atoms with Gasteiger partial charge in [-0.15, -0.1) is 0 Å². The zero-order valence-electron chi connectivity index (χ0n) is 13.5. The predicted octanol–water partition coefficient (Wildman–Crippen LogP) is 3.21. The average Bonchev–Trinajstić information content (AvgIpc) is 2.53. The summed E-state index contributed by atoms with van der Waals surface area (Å²) in [6, 6.07) is 5.44. The molecule has 0 radical (unpaired) electrons. The number of carbonyl (C=O) groups excluding carboxylic acids is 1. The number of hydrogen-bond donors (Lipinski definition) is 2. The van der Waals surface area contributed by atoms with E-state index in [9.17, 15) is 4.79 Å². The second-order valence-electron chi connectivity index (χ2n) is 5.77. The van der Waals surface area contributed by atoms with E-state index in [4.69, 9.17) is 26.8 Å². The Bertz CT molecular complexity index is 525. The SMILES string of the molecule is CCOCCOc1c(Cl)cccc1NC(=O)C1CCCC(N)C1. The number of carbonyl (C=O) groups is 1. The Morgan fingerprint density at radius 2 is 2.22 bits per heavy atom. The Morgan fingerprint density at radius 3 is 2.96 bits per heavy atom. The number of nitrogens with one attached hydrogen (secondary N) is 1. The monoisotopic (exact) mass is 340 g/mol. The lowest BCUT2D eigenvalue weighted by Gasteiger charge is -2.26. The van der Waals surface area contributed by atoms with E-state index in [0.717, 1.165) is 25.7 Å². The van der Waals surface area contributed by atoms with Crippen molar-refractivity contribution in [3.05, 3.63) is 23.2 Å². The number of hydrogen-bond acceptors (Lipinski definition) is 4. The molecule has 1 amide bonds. The quantitative estimate of drug-likeness (QED) is 0.747. The summed E-state index contributed by atoms with van der Waals surface area (Å²) in [5.74, 6) is 0.424. The smallest absolute Gasteiger partial charge is 0.227 e. The summed E-state index contributed by atoms with van der Waals surface area (Å²) in [4.78, 5) is 12.5. The third kappa shape index (κ3) is 5.37. The van der Waals surface area contributed by atoms with Crippen LogP contribution in [0.15, 0.2) is 18.2 Å². The Hall–Kier alpha value is -1.30. The van der Waals surface area contributed by atoms with Gasteiger partial charge in [-0.1, -0.05) is 24.1 Å². The highest BCUT2D eigenvalue weighted by atomic mass is 35.5. The van der Waals surface area contributed by atoms with Crippen molar-refractivity contribution < 1.29 is 14.3 Å². The maximum absolute atomic E-state index is 12.5. The van der Waals surface area contributed by atoms with Crippen molar-refractivity contribution in [2.75, 3.05) is 25.1 Å². The predicted molar refractivity (Wildman–Crippen MR) is 92.0 cm³/mol. The Morgan fingerprint density at radius 1 is 1.39 bits per heavy atom. The summed E-state index contributed by atoms with van der Waals surface area (Å²) < 4.78 is 10.9. The maximum atomic E-state index is 12.5. The molecule has 1 aliphatic rings. The molecule has 1 aromatic carbocycles. The summed E-state index contributed by atoms with van der Waals surface area (Å²) in [5, 5.41) is 3.41. The number of ether oxygens (including phenoxy) is 2. The third-order valence-corrected chi connectivity index (χ3v) is 4.29. The van der Waals surface area contributed by atoms with Gasteiger partial charge in [-0.25, -0.2) is 0 Å². The van der Waals surface area contributed by atoms with Crippen LogP contribution in [0.4, 0.5) is 5.69 Å². The molecule has 2 unspecified atom stereocenters. The molecule has 0 saturated heterocycles. The molecule has 2 atom stereocenters. The number of para-hydroxylation sites is 1. The molecule has 0 aromatic heterocycles. The molecular weight excluding hydrogens is 316 g/mol. The number of nitrogens with two attached hydrogens (primary N) is 1. The molecule has 2 rings (SSSR count). The van der Waals surface area contributed by atoms with E-state index in [0.29, 0.717) is 36.3 Å². The van der Waals surface area contributed by atoms with Gasteiger partial charge in [0, 0.05) is 18.6 Å². The van der Waals surface area contributed by atoms with Crippen LogP contribution in [0.25, 0.3) is 0 Å². The first kappa shape index (κ1) is 18.0. The zero-order chi connectivity index (χ0) is 16.7.